The van der Waals surface area contributed by atoms with E-state index in [4.69, 9.17) is 11.1 Å². The number of aromatic nitrogens is 2. The van der Waals surface area contributed by atoms with Crippen LogP contribution < -0.4 is 5.73 Å². The molecule has 19 heavy (non-hydrogen) atoms. The van der Waals surface area contributed by atoms with Crippen molar-refractivity contribution < 1.29 is 0 Å². The molecule has 1 unspecified atom stereocenters. The van der Waals surface area contributed by atoms with E-state index >= 15 is 0 Å². The zero-order chi connectivity index (χ0) is 14.0. The van der Waals surface area contributed by atoms with Gasteiger partial charge in [-0.25, -0.2) is 0 Å². The van der Waals surface area contributed by atoms with E-state index in [0.29, 0.717) is 6.42 Å². The quantitative estimate of drug-likeness (QED) is 0.652. The van der Waals surface area contributed by atoms with Crippen LogP contribution in [0.3, 0.4) is 0 Å². The topological polar surface area (TPSA) is 67.7 Å². The number of hydrogen-bond acceptors (Lipinski definition) is 2. The maximum absolute atomic E-state index is 7.59. The molecule has 0 fully saturated rings. The van der Waals surface area contributed by atoms with Crippen molar-refractivity contribution in [2.45, 2.75) is 33.2 Å². The highest BCUT2D eigenvalue weighted by Crippen LogP contribution is 2.25. The molecule has 1 heterocycles. The summed E-state index contributed by atoms with van der Waals surface area (Å²) in [6.07, 6.45) is 0.478. The van der Waals surface area contributed by atoms with E-state index in [1.807, 2.05) is 29.8 Å². The molecule has 1 atom stereocenters. The Labute approximate surface area is 113 Å². The maximum Gasteiger partial charge on any atom is 0.0930 e. The lowest BCUT2D eigenvalue weighted by Gasteiger charge is -2.19. The minimum atomic E-state index is -0.00824. The lowest BCUT2D eigenvalue weighted by atomic mass is 10.0. The second-order valence-corrected chi connectivity index (χ2v) is 4.90. The van der Waals surface area contributed by atoms with Gasteiger partial charge in [0.25, 0.3) is 0 Å². The van der Waals surface area contributed by atoms with E-state index < -0.39 is 0 Å². The van der Waals surface area contributed by atoms with Crippen molar-refractivity contribution in [2.24, 2.45) is 5.73 Å². The molecule has 0 bridgehead atoms. The van der Waals surface area contributed by atoms with Crippen molar-refractivity contribution in [1.29, 1.82) is 5.41 Å². The van der Waals surface area contributed by atoms with Gasteiger partial charge in [0.1, 0.15) is 0 Å². The van der Waals surface area contributed by atoms with Gasteiger partial charge in [-0.2, -0.15) is 5.10 Å². The van der Waals surface area contributed by atoms with Crippen LogP contribution in [0, 0.1) is 26.2 Å². The van der Waals surface area contributed by atoms with Gasteiger partial charge >= 0.3 is 0 Å². The minimum absolute atomic E-state index is 0.00824. The lowest BCUT2D eigenvalue weighted by molar-refractivity contribution is 0.520. The molecule has 0 aliphatic carbocycles. The van der Waals surface area contributed by atoms with E-state index in [2.05, 4.69) is 31.1 Å². The van der Waals surface area contributed by atoms with Crippen LogP contribution in [0.15, 0.2) is 30.3 Å². The summed E-state index contributed by atoms with van der Waals surface area (Å²) < 4.78 is 1.99. The van der Waals surface area contributed by atoms with Crippen molar-refractivity contribution in [1.82, 2.24) is 9.78 Å². The molecule has 1 aromatic carbocycles. The van der Waals surface area contributed by atoms with Crippen molar-refractivity contribution in [3.63, 3.8) is 0 Å². The first-order valence-electron chi connectivity index (χ1n) is 6.41. The number of nitrogens with two attached hydrogens (primary N) is 1. The van der Waals surface area contributed by atoms with Crippen molar-refractivity contribution >= 4 is 5.84 Å². The summed E-state index contributed by atoms with van der Waals surface area (Å²) in [5.41, 5.74) is 10.1. The van der Waals surface area contributed by atoms with Gasteiger partial charge in [0.05, 0.1) is 17.6 Å². The average molecular weight is 256 g/mol. The second kappa shape index (κ2) is 5.26. The predicted octanol–water partition coefficient (Wildman–Crippen LogP) is 2.72. The highest BCUT2D eigenvalue weighted by molar-refractivity contribution is 5.77. The van der Waals surface area contributed by atoms with Gasteiger partial charge in [-0.1, -0.05) is 30.3 Å². The third kappa shape index (κ3) is 2.67. The number of hydrogen-bond donors (Lipinski definition) is 2. The number of aryl methyl sites for hydroxylation is 1. The second-order valence-electron chi connectivity index (χ2n) is 4.90. The van der Waals surface area contributed by atoms with Gasteiger partial charge in [-0.15, -0.1) is 0 Å². The van der Waals surface area contributed by atoms with Gasteiger partial charge in [0.15, 0.2) is 0 Å². The first-order valence-corrected chi connectivity index (χ1v) is 6.41. The van der Waals surface area contributed by atoms with Gasteiger partial charge in [0.2, 0.25) is 0 Å². The van der Waals surface area contributed by atoms with Crippen molar-refractivity contribution in [3.8, 4) is 0 Å². The van der Waals surface area contributed by atoms with Crippen LogP contribution in [0.25, 0.3) is 0 Å². The molecule has 3 N–H and O–H groups in total. The standard InChI is InChI=1S/C15H20N4/c1-10-11(2)18-19(12(10)3)14(9-15(16)17)13-7-5-4-6-8-13/h4-8,14H,9H2,1-3H3,(H3,16,17). The average Bonchev–Trinajstić information content (AvgIpc) is 2.64. The SMILES string of the molecule is Cc1nn(C(CC(=N)N)c2ccccc2)c(C)c1C. The Hall–Kier alpha value is -2.10. The fourth-order valence-electron chi connectivity index (χ4n) is 2.28. The Morgan fingerprint density at radius 2 is 1.89 bits per heavy atom. The molecule has 2 rings (SSSR count). The molecule has 4 heteroatoms. The van der Waals surface area contributed by atoms with Crippen LogP contribution in [0.5, 0.6) is 0 Å². The summed E-state index contributed by atoms with van der Waals surface area (Å²) >= 11 is 0. The number of benzene rings is 1. The molecule has 0 saturated heterocycles. The number of rotatable bonds is 4. The van der Waals surface area contributed by atoms with E-state index in [-0.39, 0.29) is 11.9 Å². The Bertz CT molecular complexity index is 584. The highest BCUT2D eigenvalue weighted by atomic mass is 15.3. The number of amidine groups is 1. The third-order valence-electron chi connectivity index (χ3n) is 3.58. The predicted molar refractivity (Wildman–Crippen MR) is 77.6 cm³/mol. The molecule has 0 saturated carbocycles. The minimum Gasteiger partial charge on any atom is -0.388 e. The first-order chi connectivity index (χ1) is 9.00. The van der Waals surface area contributed by atoms with Crippen LogP contribution in [0.1, 0.15) is 35.0 Å². The smallest absolute Gasteiger partial charge is 0.0930 e. The third-order valence-corrected chi connectivity index (χ3v) is 3.58. The van der Waals surface area contributed by atoms with E-state index in [1.54, 1.807) is 0 Å². The van der Waals surface area contributed by atoms with Crippen molar-refractivity contribution in [2.75, 3.05) is 0 Å². The fraction of sp³-hybridized carbons (Fsp3) is 0.333. The Morgan fingerprint density at radius 3 is 2.37 bits per heavy atom. The summed E-state index contributed by atoms with van der Waals surface area (Å²) in [4.78, 5) is 0. The molecule has 4 nitrogen and oxygen atoms in total. The van der Waals surface area contributed by atoms with E-state index in [1.165, 1.54) is 5.56 Å². The molecule has 1 aromatic heterocycles. The lowest BCUT2D eigenvalue weighted by Crippen LogP contribution is -2.21. The summed E-state index contributed by atoms with van der Waals surface area (Å²) in [5.74, 6) is 0.180. The molecule has 0 spiro atoms. The largest absolute Gasteiger partial charge is 0.388 e. The highest BCUT2D eigenvalue weighted by Gasteiger charge is 2.19. The number of nitrogens with one attached hydrogen (secondary N) is 1. The molecule has 0 aliphatic rings. The molecular weight excluding hydrogens is 236 g/mol. The van der Waals surface area contributed by atoms with Crippen molar-refractivity contribution in [3.05, 3.63) is 52.8 Å². The van der Waals surface area contributed by atoms with Crippen LogP contribution >= 0.6 is 0 Å². The van der Waals surface area contributed by atoms with E-state index in [0.717, 1.165) is 17.0 Å². The summed E-state index contributed by atoms with van der Waals surface area (Å²) in [5, 5.41) is 12.2. The van der Waals surface area contributed by atoms with E-state index in [9.17, 15) is 0 Å². The maximum atomic E-state index is 7.59. The summed E-state index contributed by atoms with van der Waals surface area (Å²) in [7, 11) is 0. The van der Waals surface area contributed by atoms with Crippen LogP contribution in [-0.4, -0.2) is 15.6 Å². The zero-order valence-electron chi connectivity index (χ0n) is 11.6. The molecule has 0 radical (unpaired) electrons. The molecule has 0 amide bonds. The van der Waals surface area contributed by atoms with Gasteiger partial charge in [0, 0.05) is 12.1 Å². The van der Waals surface area contributed by atoms with Crippen LogP contribution in [0.4, 0.5) is 0 Å². The Kier molecular flexibility index (Phi) is 3.69. The van der Waals surface area contributed by atoms with Gasteiger partial charge in [-0.3, -0.25) is 10.1 Å². The monoisotopic (exact) mass is 256 g/mol. The molecule has 2 aromatic rings. The first kappa shape index (κ1) is 13.3. The Balaban J connectivity index is 2.49. The zero-order valence-corrected chi connectivity index (χ0v) is 11.6. The summed E-state index contributed by atoms with van der Waals surface area (Å²) in [6, 6.07) is 10.1. The molecule has 0 aliphatic heterocycles. The fourth-order valence-corrected chi connectivity index (χ4v) is 2.28. The molecule has 100 valence electrons. The Morgan fingerprint density at radius 1 is 1.26 bits per heavy atom. The normalized spacial score (nSPS) is 12.4. The summed E-state index contributed by atoms with van der Waals surface area (Å²) in [6.45, 7) is 6.14. The molecular formula is C15H20N4. The van der Waals surface area contributed by atoms with Crippen LogP contribution in [0.2, 0.25) is 0 Å². The van der Waals surface area contributed by atoms with Gasteiger partial charge < -0.3 is 5.73 Å². The number of nitrogens with zero attached hydrogens (tertiary/aromatic N) is 2. The van der Waals surface area contributed by atoms with Gasteiger partial charge in [-0.05, 0) is 31.9 Å². The van der Waals surface area contributed by atoms with Crippen LogP contribution in [-0.2, 0) is 0 Å².